The van der Waals surface area contributed by atoms with Crippen molar-refractivity contribution in [1.82, 2.24) is 4.98 Å². The zero-order valence-electron chi connectivity index (χ0n) is 6.52. The van der Waals surface area contributed by atoms with Crippen LogP contribution in [0.4, 0.5) is 13.2 Å². The second-order valence-electron chi connectivity index (χ2n) is 2.43. The first-order chi connectivity index (χ1) is 5.54. The zero-order valence-corrected chi connectivity index (χ0v) is 6.52. The number of aromatic nitrogens is 1. The molecule has 0 saturated carbocycles. The highest BCUT2D eigenvalue weighted by atomic mass is 19.4. The third-order valence-electron chi connectivity index (χ3n) is 1.53. The summed E-state index contributed by atoms with van der Waals surface area (Å²) in [4.78, 5) is 3.50. The Hall–Kier alpha value is -1.06. The molecule has 0 amide bonds. The molecule has 0 radical (unpaired) electrons. The number of halogens is 3. The molecule has 0 saturated heterocycles. The lowest BCUT2D eigenvalue weighted by atomic mass is 10.1. The fraction of sp³-hybridized carbons (Fsp3) is 0.375. The number of rotatable bonds is 1. The first-order valence-electron chi connectivity index (χ1n) is 3.55. The van der Waals surface area contributed by atoms with E-state index in [4.69, 9.17) is 0 Å². The Morgan fingerprint density at radius 1 is 1.33 bits per heavy atom. The Morgan fingerprint density at radius 2 is 2.00 bits per heavy atom. The van der Waals surface area contributed by atoms with Gasteiger partial charge >= 0.3 is 6.18 Å². The summed E-state index contributed by atoms with van der Waals surface area (Å²) in [7, 11) is 0. The van der Waals surface area contributed by atoms with E-state index in [0.29, 0.717) is 12.0 Å². The fourth-order valence-electron chi connectivity index (χ4n) is 0.836. The molecular weight excluding hydrogens is 167 g/mol. The van der Waals surface area contributed by atoms with Crippen molar-refractivity contribution >= 4 is 0 Å². The SMILES string of the molecule is CCc1cncc(C(F)(F)F)c1. The Balaban J connectivity index is 3.02. The van der Waals surface area contributed by atoms with Gasteiger partial charge in [-0.05, 0) is 18.1 Å². The maximum Gasteiger partial charge on any atom is 0.417 e. The minimum atomic E-state index is -4.28. The summed E-state index contributed by atoms with van der Waals surface area (Å²) in [6, 6.07) is 1.12. The number of pyridine rings is 1. The number of aryl methyl sites for hydroxylation is 1. The Kier molecular flexibility index (Phi) is 2.35. The third-order valence-corrected chi connectivity index (χ3v) is 1.53. The molecule has 12 heavy (non-hydrogen) atoms. The zero-order chi connectivity index (χ0) is 9.19. The largest absolute Gasteiger partial charge is 0.417 e. The third kappa shape index (κ3) is 1.96. The summed E-state index contributed by atoms with van der Waals surface area (Å²) >= 11 is 0. The van der Waals surface area contributed by atoms with Crippen molar-refractivity contribution in [2.45, 2.75) is 19.5 Å². The van der Waals surface area contributed by atoms with Gasteiger partial charge in [-0.1, -0.05) is 6.92 Å². The molecule has 1 rings (SSSR count). The molecule has 66 valence electrons. The van der Waals surface area contributed by atoms with Crippen LogP contribution in [-0.2, 0) is 12.6 Å². The molecule has 0 unspecified atom stereocenters. The summed E-state index contributed by atoms with van der Waals surface area (Å²) in [5.41, 5.74) is -0.0772. The number of hydrogen-bond donors (Lipinski definition) is 0. The van der Waals surface area contributed by atoms with Crippen molar-refractivity contribution in [2.75, 3.05) is 0 Å². The molecule has 1 nitrogen and oxygen atoms in total. The number of nitrogens with zero attached hydrogens (tertiary/aromatic N) is 1. The van der Waals surface area contributed by atoms with E-state index in [1.165, 1.54) is 6.20 Å². The first kappa shape index (κ1) is 9.03. The van der Waals surface area contributed by atoms with E-state index in [2.05, 4.69) is 4.98 Å². The number of hydrogen-bond acceptors (Lipinski definition) is 1. The molecule has 1 aromatic heterocycles. The Bertz CT molecular complexity index is 267. The van der Waals surface area contributed by atoms with Crippen LogP contribution in [-0.4, -0.2) is 4.98 Å². The van der Waals surface area contributed by atoms with Gasteiger partial charge in [0.05, 0.1) is 5.56 Å². The summed E-state index contributed by atoms with van der Waals surface area (Å²) < 4.78 is 36.2. The lowest BCUT2D eigenvalue weighted by molar-refractivity contribution is -0.137. The van der Waals surface area contributed by atoms with Gasteiger partial charge in [0, 0.05) is 12.4 Å². The highest BCUT2D eigenvalue weighted by Crippen LogP contribution is 2.28. The normalized spacial score (nSPS) is 11.7. The van der Waals surface area contributed by atoms with Crippen LogP contribution in [0.3, 0.4) is 0 Å². The monoisotopic (exact) mass is 175 g/mol. The maximum absolute atomic E-state index is 12.1. The van der Waals surface area contributed by atoms with Crippen LogP contribution in [0.25, 0.3) is 0 Å². The maximum atomic E-state index is 12.1. The molecule has 0 aliphatic rings. The van der Waals surface area contributed by atoms with Crippen LogP contribution < -0.4 is 0 Å². The van der Waals surface area contributed by atoms with Crippen molar-refractivity contribution in [2.24, 2.45) is 0 Å². The van der Waals surface area contributed by atoms with Gasteiger partial charge in [-0.15, -0.1) is 0 Å². The summed E-state index contributed by atoms with van der Waals surface area (Å²) in [5, 5.41) is 0. The van der Waals surface area contributed by atoms with E-state index in [9.17, 15) is 13.2 Å². The smallest absolute Gasteiger partial charge is 0.264 e. The van der Waals surface area contributed by atoms with Gasteiger partial charge < -0.3 is 0 Å². The molecule has 1 aromatic rings. The topological polar surface area (TPSA) is 12.9 Å². The molecule has 0 atom stereocenters. The molecule has 1 heterocycles. The fourth-order valence-corrected chi connectivity index (χ4v) is 0.836. The Morgan fingerprint density at radius 3 is 2.50 bits per heavy atom. The van der Waals surface area contributed by atoms with E-state index in [-0.39, 0.29) is 0 Å². The van der Waals surface area contributed by atoms with Gasteiger partial charge in [0.2, 0.25) is 0 Å². The summed E-state index contributed by atoms with van der Waals surface area (Å²) in [5.74, 6) is 0. The molecule has 0 spiro atoms. The highest BCUT2D eigenvalue weighted by Gasteiger charge is 2.30. The van der Waals surface area contributed by atoms with Crippen molar-refractivity contribution < 1.29 is 13.2 Å². The number of alkyl halides is 3. The van der Waals surface area contributed by atoms with Crippen LogP contribution in [0.15, 0.2) is 18.5 Å². The molecule has 0 aliphatic carbocycles. The van der Waals surface area contributed by atoms with Crippen LogP contribution in [0, 0.1) is 0 Å². The van der Waals surface area contributed by atoms with E-state index >= 15 is 0 Å². The van der Waals surface area contributed by atoms with Crippen molar-refractivity contribution in [1.29, 1.82) is 0 Å². The molecule has 4 heteroatoms. The van der Waals surface area contributed by atoms with Gasteiger partial charge in [0.15, 0.2) is 0 Å². The predicted octanol–water partition coefficient (Wildman–Crippen LogP) is 2.66. The second-order valence-corrected chi connectivity index (χ2v) is 2.43. The average Bonchev–Trinajstić information content (AvgIpc) is 2.03. The molecule has 0 bridgehead atoms. The van der Waals surface area contributed by atoms with E-state index < -0.39 is 11.7 Å². The average molecular weight is 175 g/mol. The van der Waals surface area contributed by atoms with E-state index in [1.54, 1.807) is 6.92 Å². The molecule has 0 aromatic carbocycles. The Labute approximate surface area is 68.2 Å². The van der Waals surface area contributed by atoms with Crippen LogP contribution in [0.2, 0.25) is 0 Å². The lowest BCUT2D eigenvalue weighted by Crippen LogP contribution is -2.05. The molecular formula is C8H8F3N. The van der Waals surface area contributed by atoms with E-state index in [0.717, 1.165) is 12.3 Å². The van der Waals surface area contributed by atoms with Gasteiger partial charge in [0.1, 0.15) is 0 Å². The summed E-state index contributed by atoms with van der Waals surface area (Å²) in [6.45, 7) is 1.79. The van der Waals surface area contributed by atoms with Gasteiger partial charge in [-0.2, -0.15) is 13.2 Å². The lowest BCUT2D eigenvalue weighted by Gasteiger charge is -2.06. The molecule has 0 N–H and O–H groups in total. The molecule has 0 aliphatic heterocycles. The van der Waals surface area contributed by atoms with Gasteiger partial charge in [-0.3, -0.25) is 4.98 Å². The minimum Gasteiger partial charge on any atom is -0.264 e. The van der Waals surface area contributed by atoms with E-state index in [1.807, 2.05) is 0 Å². The van der Waals surface area contributed by atoms with Crippen molar-refractivity contribution in [3.8, 4) is 0 Å². The second kappa shape index (κ2) is 3.13. The van der Waals surface area contributed by atoms with Crippen molar-refractivity contribution in [3.63, 3.8) is 0 Å². The van der Waals surface area contributed by atoms with Crippen LogP contribution >= 0.6 is 0 Å². The summed E-state index contributed by atoms with van der Waals surface area (Å²) in [6.07, 6.45) is -1.44. The quantitative estimate of drug-likeness (QED) is 0.639. The first-order valence-corrected chi connectivity index (χ1v) is 3.55. The molecule has 0 fully saturated rings. The minimum absolute atomic E-state index is 0.566. The van der Waals surface area contributed by atoms with Crippen molar-refractivity contribution in [3.05, 3.63) is 29.6 Å². The van der Waals surface area contributed by atoms with Crippen LogP contribution in [0.5, 0.6) is 0 Å². The van der Waals surface area contributed by atoms with Crippen LogP contribution in [0.1, 0.15) is 18.1 Å². The van der Waals surface area contributed by atoms with Gasteiger partial charge in [0.25, 0.3) is 0 Å². The predicted molar refractivity (Wildman–Crippen MR) is 38.6 cm³/mol. The standard InChI is InChI=1S/C8H8F3N/c1-2-6-3-7(5-12-4-6)8(9,10)11/h3-5H,2H2,1H3. The van der Waals surface area contributed by atoms with Gasteiger partial charge in [-0.25, -0.2) is 0 Å². The highest BCUT2D eigenvalue weighted by molar-refractivity contribution is 5.20.